The minimum Gasteiger partial charge on any atom is -0.389 e. The summed E-state index contributed by atoms with van der Waals surface area (Å²) in [6.45, 7) is 0. The van der Waals surface area contributed by atoms with Gasteiger partial charge in [-0.05, 0) is 52.5 Å². The Hall–Kier alpha value is -0.750. The molecule has 0 saturated heterocycles. The molecule has 0 bridgehead atoms. The van der Waals surface area contributed by atoms with Gasteiger partial charge in [0.25, 0.3) is 0 Å². The lowest BCUT2D eigenvalue weighted by Crippen LogP contribution is -2.13. The highest BCUT2D eigenvalue weighted by Crippen LogP contribution is 2.31. The van der Waals surface area contributed by atoms with Crippen LogP contribution in [0.5, 0.6) is 0 Å². The standard InChI is InChI=1S/C14H12BrClN2S2/c1-20-12-4-2-3-11(13(12)14(17)19)18-8-5-6-10(16)9(15)7-8/h2-7,18H,1H3,(H2,17,19). The number of thiocarbonyl (C=S) groups is 1. The van der Waals surface area contributed by atoms with Gasteiger partial charge in [0.2, 0.25) is 0 Å². The number of hydrogen-bond donors (Lipinski definition) is 2. The van der Waals surface area contributed by atoms with E-state index >= 15 is 0 Å². The monoisotopic (exact) mass is 386 g/mol. The summed E-state index contributed by atoms with van der Waals surface area (Å²) in [7, 11) is 0. The van der Waals surface area contributed by atoms with Gasteiger partial charge in [0.15, 0.2) is 0 Å². The molecule has 0 radical (unpaired) electrons. The molecule has 2 aromatic carbocycles. The van der Waals surface area contributed by atoms with Crippen LogP contribution in [0.2, 0.25) is 5.02 Å². The lowest BCUT2D eigenvalue weighted by Gasteiger charge is -2.14. The number of nitrogens with one attached hydrogen (secondary N) is 1. The molecular weight excluding hydrogens is 376 g/mol. The highest BCUT2D eigenvalue weighted by molar-refractivity contribution is 9.10. The quantitative estimate of drug-likeness (QED) is 0.558. The maximum Gasteiger partial charge on any atom is 0.107 e. The number of anilines is 2. The zero-order valence-electron chi connectivity index (χ0n) is 10.6. The van der Waals surface area contributed by atoms with Crippen molar-refractivity contribution in [1.29, 1.82) is 0 Å². The first-order chi connectivity index (χ1) is 9.52. The van der Waals surface area contributed by atoms with Crippen molar-refractivity contribution in [2.24, 2.45) is 5.73 Å². The molecule has 2 aromatic rings. The number of hydrogen-bond acceptors (Lipinski definition) is 3. The molecule has 20 heavy (non-hydrogen) atoms. The Morgan fingerprint density at radius 1 is 1.35 bits per heavy atom. The number of nitrogens with two attached hydrogens (primary N) is 1. The summed E-state index contributed by atoms with van der Waals surface area (Å²) in [5.74, 6) is 0. The van der Waals surface area contributed by atoms with Crippen LogP contribution in [0, 0.1) is 0 Å². The Morgan fingerprint density at radius 3 is 2.70 bits per heavy atom. The molecule has 0 saturated carbocycles. The molecule has 0 heterocycles. The highest BCUT2D eigenvalue weighted by Gasteiger charge is 2.11. The average Bonchev–Trinajstić information content (AvgIpc) is 2.42. The first kappa shape index (κ1) is 15.6. The summed E-state index contributed by atoms with van der Waals surface area (Å²) in [4.78, 5) is 1.43. The summed E-state index contributed by atoms with van der Waals surface area (Å²) in [5.41, 5.74) is 8.51. The number of thioether (sulfide) groups is 1. The predicted octanol–water partition coefficient (Wildman–Crippen LogP) is 5.20. The fourth-order valence-corrected chi connectivity index (χ4v) is 3.21. The molecule has 104 valence electrons. The van der Waals surface area contributed by atoms with Crippen LogP contribution in [0.3, 0.4) is 0 Å². The van der Waals surface area contributed by atoms with Gasteiger partial charge in [-0.25, -0.2) is 0 Å². The summed E-state index contributed by atoms with van der Waals surface area (Å²) in [6, 6.07) is 11.6. The second-order valence-corrected chi connectivity index (χ2v) is 6.55. The summed E-state index contributed by atoms with van der Waals surface area (Å²) < 4.78 is 0.835. The van der Waals surface area contributed by atoms with Gasteiger partial charge >= 0.3 is 0 Å². The molecule has 3 N–H and O–H groups in total. The molecule has 0 fully saturated rings. The highest BCUT2D eigenvalue weighted by atomic mass is 79.9. The Bertz CT molecular complexity index is 662. The molecule has 0 amide bonds. The van der Waals surface area contributed by atoms with E-state index in [1.54, 1.807) is 11.8 Å². The number of rotatable bonds is 4. The lowest BCUT2D eigenvalue weighted by molar-refractivity contribution is 1.39. The molecule has 0 aliphatic carbocycles. The minimum absolute atomic E-state index is 0.380. The van der Waals surface area contributed by atoms with Crippen molar-refractivity contribution in [2.45, 2.75) is 4.90 Å². The van der Waals surface area contributed by atoms with Crippen LogP contribution in [-0.4, -0.2) is 11.2 Å². The molecule has 2 rings (SSSR count). The fraction of sp³-hybridized carbons (Fsp3) is 0.0714. The maximum absolute atomic E-state index is 5.99. The van der Waals surface area contributed by atoms with Crippen molar-refractivity contribution in [3.8, 4) is 0 Å². The van der Waals surface area contributed by atoms with Crippen LogP contribution in [-0.2, 0) is 0 Å². The van der Waals surface area contributed by atoms with Crippen molar-refractivity contribution in [3.05, 3.63) is 51.5 Å². The van der Waals surface area contributed by atoms with Crippen molar-refractivity contribution >= 4 is 67.9 Å². The molecule has 0 spiro atoms. The first-order valence-corrected chi connectivity index (χ1v) is 8.52. The van der Waals surface area contributed by atoms with E-state index < -0.39 is 0 Å². The van der Waals surface area contributed by atoms with Gasteiger partial charge in [-0.1, -0.05) is 29.9 Å². The molecule has 0 aromatic heterocycles. The van der Waals surface area contributed by atoms with Gasteiger partial charge in [0, 0.05) is 26.3 Å². The molecule has 6 heteroatoms. The van der Waals surface area contributed by atoms with Crippen LogP contribution in [0.25, 0.3) is 0 Å². The zero-order valence-corrected chi connectivity index (χ0v) is 14.6. The predicted molar refractivity (Wildman–Crippen MR) is 96.5 cm³/mol. The van der Waals surface area contributed by atoms with E-state index in [1.807, 2.05) is 42.7 Å². The van der Waals surface area contributed by atoms with Gasteiger partial charge in [-0.2, -0.15) is 0 Å². The van der Waals surface area contributed by atoms with E-state index in [0.29, 0.717) is 10.0 Å². The third kappa shape index (κ3) is 3.47. The van der Waals surface area contributed by atoms with Crippen LogP contribution in [0.15, 0.2) is 45.8 Å². The Balaban J connectivity index is 2.42. The second kappa shape index (κ2) is 6.80. The van der Waals surface area contributed by atoms with Gasteiger partial charge in [0.05, 0.1) is 5.02 Å². The average molecular weight is 388 g/mol. The van der Waals surface area contributed by atoms with Crippen molar-refractivity contribution in [3.63, 3.8) is 0 Å². The fourth-order valence-electron chi connectivity index (χ4n) is 1.79. The third-order valence-electron chi connectivity index (χ3n) is 2.69. The molecule has 0 aliphatic rings. The van der Waals surface area contributed by atoms with Gasteiger partial charge in [0.1, 0.15) is 4.99 Å². The van der Waals surface area contributed by atoms with E-state index in [4.69, 9.17) is 29.6 Å². The SMILES string of the molecule is CSc1cccc(Nc2ccc(Cl)c(Br)c2)c1C(N)=S. The van der Waals surface area contributed by atoms with Crippen molar-refractivity contribution in [1.82, 2.24) is 0 Å². The van der Waals surface area contributed by atoms with Crippen molar-refractivity contribution < 1.29 is 0 Å². The van der Waals surface area contributed by atoms with Crippen LogP contribution in [0.4, 0.5) is 11.4 Å². The topological polar surface area (TPSA) is 38.0 Å². The van der Waals surface area contributed by atoms with Gasteiger partial charge in [-0.15, -0.1) is 11.8 Å². The third-order valence-corrected chi connectivity index (χ3v) is 4.89. The lowest BCUT2D eigenvalue weighted by atomic mass is 10.1. The Kier molecular flexibility index (Phi) is 5.32. The Labute approximate surface area is 141 Å². The number of halogens is 2. The Morgan fingerprint density at radius 2 is 2.10 bits per heavy atom. The molecule has 2 nitrogen and oxygen atoms in total. The van der Waals surface area contributed by atoms with Crippen LogP contribution in [0.1, 0.15) is 5.56 Å². The summed E-state index contributed by atoms with van der Waals surface area (Å²) in [5, 5.41) is 4.00. The normalized spacial score (nSPS) is 10.3. The van der Waals surface area contributed by atoms with Crippen molar-refractivity contribution in [2.75, 3.05) is 11.6 Å². The first-order valence-electron chi connectivity index (χ1n) is 5.72. The molecule has 0 unspecified atom stereocenters. The summed E-state index contributed by atoms with van der Waals surface area (Å²) >= 11 is 16.2. The van der Waals surface area contributed by atoms with E-state index in [2.05, 4.69) is 21.2 Å². The smallest absolute Gasteiger partial charge is 0.107 e. The second-order valence-electron chi connectivity index (χ2n) is 4.00. The van der Waals surface area contributed by atoms with Gasteiger partial charge < -0.3 is 11.1 Å². The van der Waals surface area contributed by atoms with Crippen LogP contribution < -0.4 is 11.1 Å². The minimum atomic E-state index is 0.380. The van der Waals surface area contributed by atoms with Gasteiger partial charge in [-0.3, -0.25) is 0 Å². The number of benzene rings is 2. The molecule has 0 aliphatic heterocycles. The molecule has 0 atom stereocenters. The van der Waals surface area contributed by atoms with E-state index in [9.17, 15) is 0 Å². The molecular formula is C14H12BrClN2S2. The summed E-state index contributed by atoms with van der Waals surface area (Å²) in [6.07, 6.45) is 2.00. The zero-order chi connectivity index (χ0) is 14.7. The van der Waals surface area contributed by atoms with E-state index in [0.717, 1.165) is 26.3 Å². The largest absolute Gasteiger partial charge is 0.389 e. The van der Waals surface area contributed by atoms with Crippen LogP contribution >= 0.6 is 51.5 Å². The van der Waals surface area contributed by atoms with E-state index in [1.165, 1.54) is 0 Å². The van der Waals surface area contributed by atoms with E-state index in [-0.39, 0.29) is 0 Å². The maximum atomic E-state index is 5.99.